The van der Waals surface area contributed by atoms with Gasteiger partial charge in [0, 0.05) is 54.3 Å². The Hall–Kier alpha value is -0.220. The Balaban J connectivity index is 1.90. The molecule has 0 bridgehead atoms. The molecule has 0 radical (unpaired) electrons. The highest BCUT2D eigenvalue weighted by molar-refractivity contribution is 7.85. The maximum Gasteiger partial charge on any atom is 0.137 e. The van der Waals surface area contributed by atoms with Crippen molar-refractivity contribution in [2.75, 3.05) is 31.1 Å². The average Bonchev–Trinajstić information content (AvgIpc) is 2.33. The van der Waals surface area contributed by atoms with Crippen molar-refractivity contribution in [1.29, 1.82) is 0 Å². The normalized spacial score (nSPS) is 31.6. The van der Waals surface area contributed by atoms with E-state index in [0.717, 1.165) is 50.4 Å². The lowest BCUT2D eigenvalue weighted by Crippen LogP contribution is -2.44. The maximum atomic E-state index is 12.1. The van der Waals surface area contributed by atoms with Crippen LogP contribution >= 0.6 is 0 Å². The third-order valence-electron chi connectivity index (χ3n) is 4.74. The molecule has 19 heavy (non-hydrogen) atoms. The molecular formula is C15H27NO2S. The molecule has 1 saturated carbocycles. The highest BCUT2D eigenvalue weighted by atomic mass is 32.2. The van der Waals surface area contributed by atoms with Crippen molar-refractivity contribution in [3.63, 3.8) is 0 Å². The van der Waals surface area contributed by atoms with Gasteiger partial charge in [0.25, 0.3) is 0 Å². The Morgan fingerprint density at radius 1 is 1.26 bits per heavy atom. The fourth-order valence-electron chi connectivity index (χ4n) is 3.25. The van der Waals surface area contributed by atoms with Crippen molar-refractivity contribution >= 4 is 16.6 Å². The van der Waals surface area contributed by atoms with Crippen LogP contribution in [0.15, 0.2) is 0 Å². The third-order valence-corrected chi connectivity index (χ3v) is 6.01. The number of rotatable bonds is 2. The van der Waals surface area contributed by atoms with E-state index < -0.39 is 10.8 Å². The summed E-state index contributed by atoms with van der Waals surface area (Å²) in [6.45, 7) is 9.55. The van der Waals surface area contributed by atoms with E-state index in [1.807, 2.05) is 0 Å². The van der Waals surface area contributed by atoms with Gasteiger partial charge in [-0.2, -0.15) is 0 Å². The average molecular weight is 285 g/mol. The molecule has 1 aliphatic heterocycles. The van der Waals surface area contributed by atoms with Gasteiger partial charge in [0.1, 0.15) is 5.78 Å². The van der Waals surface area contributed by atoms with E-state index in [9.17, 15) is 9.00 Å². The summed E-state index contributed by atoms with van der Waals surface area (Å²) >= 11 is 0. The molecule has 2 unspecified atom stereocenters. The molecule has 2 atom stereocenters. The van der Waals surface area contributed by atoms with Crippen molar-refractivity contribution in [3.05, 3.63) is 0 Å². The molecular weight excluding hydrogens is 258 g/mol. The first-order valence-electron chi connectivity index (χ1n) is 7.46. The molecule has 0 aromatic rings. The number of carbonyl (C=O) groups is 1. The molecule has 110 valence electrons. The first kappa shape index (κ1) is 15.2. The van der Waals surface area contributed by atoms with Gasteiger partial charge in [-0.3, -0.25) is 9.00 Å². The van der Waals surface area contributed by atoms with Crippen LogP contribution in [-0.4, -0.2) is 46.0 Å². The second-order valence-corrected chi connectivity index (χ2v) is 8.85. The van der Waals surface area contributed by atoms with Gasteiger partial charge in [-0.25, -0.2) is 0 Å². The zero-order valence-corrected chi connectivity index (χ0v) is 13.3. The summed E-state index contributed by atoms with van der Waals surface area (Å²) in [6, 6.07) is 0. The van der Waals surface area contributed by atoms with E-state index in [1.54, 1.807) is 0 Å². The summed E-state index contributed by atoms with van der Waals surface area (Å²) in [5.41, 5.74) is 0.308. The van der Waals surface area contributed by atoms with Crippen LogP contribution in [0.5, 0.6) is 0 Å². The second-order valence-electron chi connectivity index (χ2n) is 7.15. The molecule has 4 heteroatoms. The van der Waals surface area contributed by atoms with Crippen molar-refractivity contribution in [1.82, 2.24) is 4.90 Å². The zero-order valence-electron chi connectivity index (χ0n) is 12.5. The Morgan fingerprint density at radius 2 is 1.89 bits per heavy atom. The molecule has 1 aliphatic carbocycles. The fraction of sp³-hybridized carbons (Fsp3) is 0.933. The largest absolute Gasteiger partial charge is 0.301 e. The van der Waals surface area contributed by atoms with E-state index in [-0.39, 0.29) is 5.92 Å². The van der Waals surface area contributed by atoms with E-state index in [1.165, 1.54) is 0 Å². The van der Waals surface area contributed by atoms with Crippen molar-refractivity contribution < 1.29 is 9.00 Å². The molecule has 0 amide bonds. The summed E-state index contributed by atoms with van der Waals surface area (Å²) in [5, 5.41) is 0. The van der Waals surface area contributed by atoms with E-state index in [2.05, 4.69) is 25.7 Å². The molecule has 3 nitrogen and oxygen atoms in total. The van der Waals surface area contributed by atoms with Crippen LogP contribution in [0.3, 0.4) is 0 Å². The lowest BCUT2D eigenvalue weighted by Gasteiger charge is -2.39. The molecule has 0 aromatic heterocycles. The molecule has 2 rings (SSSR count). The molecule has 1 saturated heterocycles. The zero-order chi connectivity index (χ0) is 14.0. The van der Waals surface area contributed by atoms with Gasteiger partial charge >= 0.3 is 0 Å². The minimum atomic E-state index is -0.624. The number of carbonyl (C=O) groups excluding carboxylic acids is 1. The van der Waals surface area contributed by atoms with Gasteiger partial charge < -0.3 is 4.90 Å². The molecule has 2 aliphatic rings. The number of hydrogen-bond donors (Lipinski definition) is 0. The van der Waals surface area contributed by atoms with Crippen LogP contribution in [0.1, 0.15) is 40.0 Å². The third kappa shape index (κ3) is 4.12. The Bertz CT molecular complexity index is 352. The predicted octanol–water partition coefficient (Wildman–Crippen LogP) is 2.08. The number of ketones is 1. The van der Waals surface area contributed by atoms with E-state index >= 15 is 0 Å². The number of hydrogen-bond acceptors (Lipinski definition) is 3. The molecule has 0 N–H and O–H groups in total. The first-order valence-corrected chi connectivity index (χ1v) is 8.95. The topological polar surface area (TPSA) is 37.4 Å². The van der Waals surface area contributed by atoms with Crippen LogP contribution in [0.25, 0.3) is 0 Å². The van der Waals surface area contributed by atoms with Gasteiger partial charge in [-0.05, 0) is 24.2 Å². The fourth-order valence-corrected chi connectivity index (χ4v) is 4.37. The lowest BCUT2D eigenvalue weighted by atomic mass is 9.68. The van der Waals surface area contributed by atoms with Gasteiger partial charge in [0.15, 0.2) is 0 Å². The Kier molecular flexibility index (Phi) is 4.83. The number of nitrogens with zero attached hydrogens (tertiary/aromatic N) is 1. The Morgan fingerprint density at radius 3 is 2.47 bits per heavy atom. The summed E-state index contributed by atoms with van der Waals surface area (Å²) in [4.78, 5) is 14.5. The van der Waals surface area contributed by atoms with Crippen molar-refractivity contribution in [2.24, 2.45) is 17.3 Å². The molecule has 0 spiro atoms. The Labute approximate surface area is 119 Å². The summed E-state index contributed by atoms with van der Waals surface area (Å²) in [5.74, 6) is 2.89. The highest BCUT2D eigenvalue weighted by Gasteiger charge is 2.35. The minimum absolute atomic E-state index is 0.213. The monoisotopic (exact) mass is 285 g/mol. The van der Waals surface area contributed by atoms with E-state index in [4.69, 9.17) is 0 Å². The van der Waals surface area contributed by atoms with Gasteiger partial charge in [0.2, 0.25) is 0 Å². The van der Waals surface area contributed by atoms with Crippen LogP contribution < -0.4 is 0 Å². The highest BCUT2D eigenvalue weighted by Crippen LogP contribution is 2.39. The van der Waals surface area contributed by atoms with Crippen molar-refractivity contribution in [3.8, 4) is 0 Å². The van der Waals surface area contributed by atoms with Crippen LogP contribution in [0.4, 0.5) is 0 Å². The van der Waals surface area contributed by atoms with Crippen LogP contribution in [0, 0.1) is 17.3 Å². The van der Waals surface area contributed by atoms with Crippen LogP contribution in [0.2, 0.25) is 0 Å². The standard InChI is InChI=1S/C15H27NO2S/c1-15(2,3)13-4-5-14(17)12(10-13)11-16-6-8-19(18)9-7-16/h12-13H,4-11H2,1-3H3. The summed E-state index contributed by atoms with van der Waals surface area (Å²) in [6.07, 6.45) is 2.86. The summed E-state index contributed by atoms with van der Waals surface area (Å²) < 4.78 is 11.4. The van der Waals surface area contributed by atoms with E-state index in [0.29, 0.717) is 17.1 Å². The number of Topliss-reactive ketones (excluding diaryl/α,β-unsaturated/α-hetero) is 1. The lowest BCUT2D eigenvalue weighted by molar-refractivity contribution is -0.127. The smallest absolute Gasteiger partial charge is 0.137 e. The van der Waals surface area contributed by atoms with Gasteiger partial charge in [-0.1, -0.05) is 20.8 Å². The SMILES string of the molecule is CC(C)(C)C1CCC(=O)C(CN2CCS(=O)CC2)C1. The van der Waals surface area contributed by atoms with Gasteiger partial charge in [-0.15, -0.1) is 0 Å². The first-order chi connectivity index (χ1) is 8.86. The molecule has 2 fully saturated rings. The van der Waals surface area contributed by atoms with Crippen LogP contribution in [-0.2, 0) is 15.6 Å². The second kappa shape index (κ2) is 6.04. The predicted molar refractivity (Wildman–Crippen MR) is 79.6 cm³/mol. The van der Waals surface area contributed by atoms with Crippen molar-refractivity contribution in [2.45, 2.75) is 40.0 Å². The molecule has 1 heterocycles. The maximum absolute atomic E-state index is 12.1. The molecule has 0 aromatic carbocycles. The minimum Gasteiger partial charge on any atom is -0.301 e. The quantitative estimate of drug-likeness (QED) is 0.779. The summed E-state index contributed by atoms with van der Waals surface area (Å²) in [7, 11) is -0.624. The van der Waals surface area contributed by atoms with Gasteiger partial charge in [0.05, 0.1) is 0 Å².